The van der Waals surface area contributed by atoms with Crippen LogP contribution >= 0.6 is 11.8 Å². The van der Waals surface area contributed by atoms with E-state index in [9.17, 15) is 19.7 Å². The van der Waals surface area contributed by atoms with Crippen LogP contribution < -0.4 is 10.2 Å². The third-order valence-corrected chi connectivity index (χ3v) is 7.46. The molecule has 0 atom stereocenters. The van der Waals surface area contributed by atoms with Crippen molar-refractivity contribution in [3.05, 3.63) is 105 Å². The maximum absolute atomic E-state index is 13.1. The highest BCUT2D eigenvalue weighted by molar-refractivity contribution is 7.99. The molecule has 0 radical (unpaired) electrons. The fraction of sp³-hybridized carbons (Fsp3) is 0.214. The average Bonchev–Trinajstić information content (AvgIpc) is 3.54. The minimum atomic E-state index is -0.508. The van der Waals surface area contributed by atoms with Gasteiger partial charge in [0.25, 0.3) is 11.6 Å². The number of hydrogen-bond acceptors (Lipinski definition) is 7. The fourth-order valence-electron chi connectivity index (χ4n) is 4.54. The second-order valence-corrected chi connectivity index (χ2v) is 10.2. The number of carbonyl (C=O) groups excluding carboxylic acids is 2. The SMILES string of the molecule is Cc1cccc(-n2c(CNC(=O)c3ccc(C)c([N+](=O)[O-])c3)nnc2SCC(=O)N2CCc3ccccc32)c1. The quantitative estimate of drug-likeness (QED) is 0.199. The molecule has 1 aliphatic rings. The molecule has 0 unspecified atom stereocenters. The summed E-state index contributed by atoms with van der Waals surface area (Å²) in [7, 11) is 0. The van der Waals surface area contributed by atoms with Gasteiger partial charge in [-0.05, 0) is 55.7 Å². The van der Waals surface area contributed by atoms with Crippen LogP contribution in [0.1, 0.15) is 32.9 Å². The van der Waals surface area contributed by atoms with Crippen LogP contribution in [0.2, 0.25) is 0 Å². The molecule has 1 aliphatic heterocycles. The maximum Gasteiger partial charge on any atom is 0.273 e. The van der Waals surface area contributed by atoms with Crippen LogP contribution in [-0.2, 0) is 17.8 Å². The van der Waals surface area contributed by atoms with E-state index in [0.29, 0.717) is 23.1 Å². The maximum atomic E-state index is 13.1. The Morgan fingerprint density at radius 2 is 1.87 bits per heavy atom. The topological polar surface area (TPSA) is 123 Å². The van der Waals surface area contributed by atoms with E-state index in [1.165, 1.54) is 17.8 Å². The molecule has 2 amide bonds. The molecule has 0 spiro atoms. The van der Waals surface area contributed by atoms with Crippen LogP contribution in [-0.4, -0.2) is 43.8 Å². The molecule has 0 aliphatic carbocycles. The molecule has 0 saturated heterocycles. The Bertz CT molecular complexity index is 1580. The summed E-state index contributed by atoms with van der Waals surface area (Å²) in [6, 6.07) is 20.0. The van der Waals surface area contributed by atoms with Crippen LogP contribution in [0.25, 0.3) is 5.69 Å². The predicted molar refractivity (Wildman–Crippen MR) is 148 cm³/mol. The second-order valence-electron chi connectivity index (χ2n) is 9.23. The first-order valence-electron chi connectivity index (χ1n) is 12.4. The van der Waals surface area contributed by atoms with E-state index in [2.05, 4.69) is 15.5 Å². The van der Waals surface area contributed by atoms with Crippen LogP contribution in [0.4, 0.5) is 11.4 Å². The second kappa shape index (κ2) is 11.1. The molecule has 11 heteroatoms. The number of nitro groups is 1. The van der Waals surface area contributed by atoms with Crippen molar-refractivity contribution in [1.82, 2.24) is 20.1 Å². The van der Waals surface area contributed by atoms with Gasteiger partial charge >= 0.3 is 0 Å². The van der Waals surface area contributed by atoms with Gasteiger partial charge < -0.3 is 10.2 Å². The Morgan fingerprint density at radius 3 is 2.67 bits per heavy atom. The molecule has 10 nitrogen and oxygen atoms in total. The van der Waals surface area contributed by atoms with Crippen molar-refractivity contribution >= 4 is 35.0 Å². The van der Waals surface area contributed by atoms with E-state index in [0.717, 1.165) is 28.9 Å². The fourth-order valence-corrected chi connectivity index (χ4v) is 5.39. The van der Waals surface area contributed by atoms with Gasteiger partial charge in [0.2, 0.25) is 5.91 Å². The number of anilines is 1. The molecular weight excluding hydrogens is 516 g/mol. The van der Waals surface area contributed by atoms with Crippen molar-refractivity contribution in [2.45, 2.75) is 32.0 Å². The Hall–Kier alpha value is -4.51. The van der Waals surface area contributed by atoms with Crippen molar-refractivity contribution < 1.29 is 14.5 Å². The number of hydrogen-bond donors (Lipinski definition) is 1. The number of carbonyl (C=O) groups is 2. The average molecular weight is 543 g/mol. The number of aryl methyl sites for hydroxylation is 2. The number of nitro benzene ring substituents is 1. The summed E-state index contributed by atoms with van der Waals surface area (Å²) in [6.07, 6.45) is 0.833. The predicted octanol–water partition coefficient (Wildman–Crippen LogP) is 4.40. The van der Waals surface area contributed by atoms with E-state index in [1.807, 2.05) is 60.0 Å². The molecule has 0 saturated carbocycles. The number of aromatic nitrogens is 3. The van der Waals surface area contributed by atoms with Crippen molar-refractivity contribution in [2.75, 3.05) is 17.2 Å². The Kier molecular flexibility index (Phi) is 7.42. The van der Waals surface area contributed by atoms with Gasteiger partial charge in [0, 0.05) is 35.1 Å². The molecule has 5 rings (SSSR count). The molecule has 2 heterocycles. The molecule has 4 aromatic rings. The van der Waals surface area contributed by atoms with Gasteiger partial charge in [0.05, 0.1) is 17.2 Å². The monoisotopic (exact) mass is 542 g/mol. The molecule has 39 heavy (non-hydrogen) atoms. The van der Waals surface area contributed by atoms with E-state index >= 15 is 0 Å². The largest absolute Gasteiger partial charge is 0.345 e. The highest BCUT2D eigenvalue weighted by Gasteiger charge is 2.25. The Morgan fingerprint density at radius 1 is 1.05 bits per heavy atom. The van der Waals surface area contributed by atoms with Gasteiger partial charge in [0.1, 0.15) is 0 Å². The Balaban J connectivity index is 1.35. The molecular formula is C28H26N6O4S. The Labute approximate surface area is 229 Å². The zero-order valence-electron chi connectivity index (χ0n) is 21.5. The first-order valence-corrected chi connectivity index (χ1v) is 13.4. The van der Waals surface area contributed by atoms with E-state index < -0.39 is 10.8 Å². The molecule has 0 bridgehead atoms. The lowest BCUT2D eigenvalue weighted by Gasteiger charge is -2.17. The molecule has 0 fully saturated rings. The van der Waals surface area contributed by atoms with Gasteiger partial charge in [-0.15, -0.1) is 10.2 Å². The number of rotatable bonds is 8. The number of nitrogens with one attached hydrogen (secondary N) is 1. The minimum Gasteiger partial charge on any atom is -0.345 e. The van der Waals surface area contributed by atoms with Crippen LogP contribution in [0, 0.1) is 24.0 Å². The highest BCUT2D eigenvalue weighted by atomic mass is 32.2. The number of amides is 2. The summed E-state index contributed by atoms with van der Waals surface area (Å²) in [5.74, 6) is 0.170. The lowest BCUT2D eigenvalue weighted by atomic mass is 10.1. The summed E-state index contributed by atoms with van der Waals surface area (Å²) in [4.78, 5) is 38.5. The highest BCUT2D eigenvalue weighted by Crippen LogP contribution is 2.29. The van der Waals surface area contributed by atoms with Gasteiger partial charge in [-0.2, -0.15) is 0 Å². The van der Waals surface area contributed by atoms with Gasteiger partial charge in [-0.1, -0.05) is 48.2 Å². The number of fused-ring (bicyclic) bond motifs is 1. The molecule has 1 aromatic heterocycles. The minimum absolute atomic E-state index is 0.0143. The van der Waals surface area contributed by atoms with Crippen molar-refractivity contribution in [3.8, 4) is 5.69 Å². The van der Waals surface area contributed by atoms with Crippen molar-refractivity contribution in [3.63, 3.8) is 0 Å². The summed E-state index contributed by atoms with van der Waals surface area (Å²) < 4.78 is 1.82. The van der Waals surface area contributed by atoms with Crippen LogP contribution in [0.5, 0.6) is 0 Å². The molecule has 3 aromatic carbocycles. The molecule has 198 valence electrons. The molecule has 1 N–H and O–H groups in total. The van der Waals surface area contributed by atoms with Gasteiger partial charge in [0.15, 0.2) is 11.0 Å². The smallest absolute Gasteiger partial charge is 0.273 e. The number of para-hydroxylation sites is 1. The van der Waals surface area contributed by atoms with Crippen LogP contribution in [0.3, 0.4) is 0 Å². The number of thioether (sulfide) groups is 1. The normalized spacial score (nSPS) is 12.3. The summed E-state index contributed by atoms with van der Waals surface area (Å²) >= 11 is 1.29. The van der Waals surface area contributed by atoms with E-state index in [-0.39, 0.29) is 29.5 Å². The number of nitrogens with zero attached hydrogens (tertiary/aromatic N) is 5. The first-order chi connectivity index (χ1) is 18.8. The lowest BCUT2D eigenvalue weighted by molar-refractivity contribution is -0.385. The van der Waals surface area contributed by atoms with Crippen LogP contribution in [0.15, 0.2) is 71.9 Å². The van der Waals surface area contributed by atoms with E-state index in [1.54, 1.807) is 24.0 Å². The standard InChI is InChI=1S/C28H26N6O4S/c1-18-6-5-8-22(14-18)33-25(16-29-27(36)21-11-10-19(2)24(15-21)34(37)38)30-31-28(33)39-17-26(35)32-13-12-20-7-3-4-9-23(20)32/h3-11,14-15H,12-13,16-17H2,1-2H3,(H,29,36). The third-order valence-electron chi connectivity index (χ3n) is 6.55. The summed E-state index contributed by atoms with van der Waals surface area (Å²) in [5, 5.41) is 23.2. The summed E-state index contributed by atoms with van der Waals surface area (Å²) in [6.45, 7) is 4.28. The van der Waals surface area contributed by atoms with E-state index in [4.69, 9.17) is 0 Å². The first kappa shape index (κ1) is 26.1. The van der Waals surface area contributed by atoms with Gasteiger partial charge in [-0.3, -0.25) is 24.3 Å². The summed E-state index contributed by atoms with van der Waals surface area (Å²) in [5.41, 5.74) is 4.48. The number of benzene rings is 3. The van der Waals surface area contributed by atoms with Gasteiger partial charge in [-0.25, -0.2) is 0 Å². The zero-order chi connectivity index (χ0) is 27.5. The third kappa shape index (κ3) is 5.53. The van der Waals surface area contributed by atoms with Crippen molar-refractivity contribution in [2.24, 2.45) is 0 Å². The lowest BCUT2D eigenvalue weighted by Crippen LogP contribution is -2.30. The zero-order valence-corrected chi connectivity index (χ0v) is 22.3. The van der Waals surface area contributed by atoms with Crippen molar-refractivity contribution in [1.29, 1.82) is 0 Å².